The Bertz CT molecular complexity index is 2680. The van der Waals surface area contributed by atoms with Crippen molar-refractivity contribution in [2.24, 2.45) is 0 Å². The molecule has 5 aromatic carbocycles. The molecule has 0 aliphatic heterocycles. The van der Waals surface area contributed by atoms with Gasteiger partial charge in [-0.25, -0.2) is 0 Å². The third-order valence-electron chi connectivity index (χ3n) is 10.3. The summed E-state index contributed by atoms with van der Waals surface area (Å²) in [6.07, 6.45) is 16.3. The summed E-state index contributed by atoms with van der Waals surface area (Å²) >= 11 is 4.13. The van der Waals surface area contributed by atoms with Gasteiger partial charge in [-0.3, -0.25) is 0 Å². The van der Waals surface area contributed by atoms with E-state index < -0.39 is 7.26 Å². The number of fused-ring (bicyclic) bond motifs is 2. The van der Waals surface area contributed by atoms with Crippen molar-refractivity contribution in [3.63, 3.8) is 0 Å². The van der Waals surface area contributed by atoms with Gasteiger partial charge in [-0.1, -0.05) is 12.2 Å². The summed E-state index contributed by atoms with van der Waals surface area (Å²) in [4.78, 5) is 0. The second-order valence-electron chi connectivity index (χ2n) is 13.5. The molecule has 1 saturated carbocycles. The van der Waals surface area contributed by atoms with Crippen molar-refractivity contribution in [1.82, 2.24) is 17.5 Å². The third kappa shape index (κ3) is 6.75. The normalized spacial score (nSPS) is 15.5. The first kappa shape index (κ1) is 37.8. The van der Waals surface area contributed by atoms with Crippen LogP contribution >= 0.6 is 30.7 Å². The van der Waals surface area contributed by atoms with Gasteiger partial charge < -0.3 is 0 Å². The fourth-order valence-electron chi connectivity index (χ4n) is 7.87. The molecule has 1 aliphatic rings. The molecule has 56 heavy (non-hydrogen) atoms. The number of hydrogen-bond donors (Lipinski definition) is 2. The van der Waals surface area contributed by atoms with Crippen LogP contribution in [0.4, 0.5) is 11.4 Å². The molecule has 6 nitrogen and oxygen atoms in total. The Hall–Kier alpha value is -5.11. The number of rotatable bonds is 9. The zero-order chi connectivity index (χ0) is 38.6. The fourth-order valence-corrected chi connectivity index (χ4v) is 14.8. The molecule has 2 heterocycles. The van der Waals surface area contributed by atoms with Crippen LogP contribution in [0, 0.1) is 4.37 Å². The van der Waals surface area contributed by atoms with E-state index >= 15 is 0 Å². The van der Waals surface area contributed by atoms with Gasteiger partial charge in [0.25, 0.3) is 0 Å². The Kier molecular flexibility index (Phi) is 11.2. The molecule has 277 valence electrons. The predicted molar refractivity (Wildman–Crippen MR) is 238 cm³/mol. The van der Waals surface area contributed by atoms with Crippen molar-refractivity contribution in [3.8, 4) is 15.5 Å². The third-order valence-corrected chi connectivity index (χ3v) is 16.8. The summed E-state index contributed by atoms with van der Waals surface area (Å²) in [5.41, 5.74) is 25.0. The van der Waals surface area contributed by atoms with Gasteiger partial charge >= 0.3 is 308 Å². The SMILES string of the molecule is CC=C1CCCC1=CC(/C=C/c1cc(N)c(-c2c(N)cc(/C=C/C)c3nsnc23)c2nsnc12)=C([C]#[Os])[P+](c1ccccc1)(c1ccccc1)c1ccccc1. The molecule has 0 atom stereocenters. The number of nitrogens with two attached hydrogens (primary N) is 2. The summed E-state index contributed by atoms with van der Waals surface area (Å²) in [7, 11) is -2.47. The van der Waals surface area contributed by atoms with Gasteiger partial charge in [-0.05, 0) is 6.92 Å². The average Bonchev–Trinajstić information content (AvgIpc) is 4.03. The van der Waals surface area contributed by atoms with Gasteiger partial charge in [0, 0.05) is 5.56 Å². The van der Waals surface area contributed by atoms with Crippen LogP contribution in [-0.4, -0.2) is 17.5 Å². The molecular formula is C46H39N6OsPS2+. The molecule has 0 unspecified atom stereocenters. The summed E-state index contributed by atoms with van der Waals surface area (Å²) < 4.78 is 22.8. The van der Waals surface area contributed by atoms with Crippen molar-refractivity contribution in [2.45, 2.75) is 33.1 Å². The molecule has 7 aromatic rings. The average molecular weight is 961 g/mol. The van der Waals surface area contributed by atoms with Crippen LogP contribution < -0.4 is 27.4 Å². The van der Waals surface area contributed by atoms with E-state index in [1.165, 1.54) is 44.1 Å². The summed E-state index contributed by atoms with van der Waals surface area (Å²) in [6, 6.07) is 36.8. The van der Waals surface area contributed by atoms with E-state index in [1.807, 2.05) is 31.2 Å². The number of aromatic nitrogens is 4. The molecule has 0 saturated heterocycles. The van der Waals surface area contributed by atoms with Crippen LogP contribution in [0.2, 0.25) is 0 Å². The molecule has 0 bridgehead atoms. The zero-order valence-electron chi connectivity index (χ0n) is 31.0. The van der Waals surface area contributed by atoms with Crippen molar-refractivity contribution < 1.29 is 17.9 Å². The van der Waals surface area contributed by atoms with Crippen LogP contribution in [0.25, 0.3) is 45.3 Å². The quantitative estimate of drug-likeness (QED) is 0.0849. The van der Waals surface area contributed by atoms with E-state index in [2.05, 4.69) is 135 Å². The monoisotopic (exact) mass is 962 g/mol. The summed E-state index contributed by atoms with van der Waals surface area (Å²) in [6.45, 7) is 4.12. The Morgan fingerprint density at radius 3 is 1.59 bits per heavy atom. The molecule has 1 fully saturated rings. The molecule has 0 amide bonds. The van der Waals surface area contributed by atoms with Gasteiger partial charge in [-0.15, -0.1) is 0 Å². The number of hydrogen-bond acceptors (Lipinski definition) is 8. The molecule has 0 spiro atoms. The Labute approximate surface area is 346 Å². The maximum atomic E-state index is 7.01. The zero-order valence-corrected chi connectivity index (χ0v) is 36.0. The minimum absolute atomic E-state index is 0.551. The first-order valence-electron chi connectivity index (χ1n) is 18.4. The van der Waals surface area contributed by atoms with Gasteiger partial charge in [-0.2, -0.15) is 4.37 Å². The molecule has 2 aromatic heterocycles. The molecule has 4 N–H and O–H groups in total. The van der Waals surface area contributed by atoms with Gasteiger partial charge in [0.15, 0.2) is 0 Å². The molecule has 0 radical (unpaired) electrons. The summed E-state index contributed by atoms with van der Waals surface area (Å²) in [5, 5.41) is 4.99. The molecule has 10 heteroatoms. The van der Waals surface area contributed by atoms with Crippen molar-refractivity contribution in [2.75, 3.05) is 11.5 Å². The van der Waals surface area contributed by atoms with E-state index in [0.29, 0.717) is 22.4 Å². The second kappa shape index (κ2) is 16.5. The van der Waals surface area contributed by atoms with Gasteiger partial charge in [0.05, 0.1) is 11.7 Å². The first-order chi connectivity index (χ1) is 27.5. The Morgan fingerprint density at radius 2 is 1.12 bits per heavy atom. The van der Waals surface area contributed by atoms with Crippen LogP contribution in [-0.2, 0) is 17.9 Å². The predicted octanol–water partition coefficient (Wildman–Crippen LogP) is 10.4. The van der Waals surface area contributed by atoms with Crippen molar-refractivity contribution in [1.29, 1.82) is 0 Å². The Balaban J connectivity index is 1.40. The van der Waals surface area contributed by atoms with E-state index in [1.54, 1.807) is 17.9 Å². The van der Waals surface area contributed by atoms with Crippen molar-refractivity contribution >= 4 is 92.2 Å². The number of allylic oxidation sites excluding steroid dienone is 8. The summed E-state index contributed by atoms with van der Waals surface area (Å²) in [5.74, 6) is 0. The van der Waals surface area contributed by atoms with Crippen LogP contribution in [0.3, 0.4) is 0 Å². The number of nitrogen functional groups attached to an aromatic ring is 2. The topological polar surface area (TPSA) is 104 Å². The first-order valence-corrected chi connectivity index (χ1v) is 22.9. The number of nitrogens with zero attached hydrogens (tertiary/aromatic N) is 4. The number of anilines is 2. The minimum atomic E-state index is -2.47. The molecule has 1 aliphatic carbocycles. The molecular weight excluding hydrogens is 922 g/mol. The van der Waals surface area contributed by atoms with E-state index in [-0.39, 0.29) is 0 Å². The van der Waals surface area contributed by atoms with E-state index in [4.69, 9.17) is 20.2 Å². The number of benzene rings is 5. The molecule has 8 rings (SSSR count). The van der Waals surface area contributed by atoms with Crippen LogP contribution in [0.1, 0.15) is 44.2 Å². The van der Waals surface area contributed by atoms with Gasteiger partial charge in [0.1, 0.15) is 0 Å². The van der Waals surface area contributed by atoms with E-state index in [9.17, 15) is 0 Å². The maximum absolute atomic E-state index is 7.01. The van der Waals surface area contributed by atoms with Crippen LogP contribution in [0.5, 0.6) is 0 Å². The van der Waals surface area contributed by atoms with Crippen LogP contribution in [0.15, 0.2) is 149 Å². The standard InChI is InChI=1S/C46H39N6PS2.Os/c1-4-16-34-28-39(47)41(45-43(34)49-54-51-45)42-40(48)29-35(44-46(42)52-55-50-44)26-25-32(27-33-18-15-17-31(33)5-2)30(3)53(36-19-9-6-10-20-36,37-21-11-7-12-22-37)38-23-13-8-14-24-38;/h4-14,16,19-29H,15,17-18,47-48H2,1-2H3;/q+1;/b16-4+,26-25+,31-5?,32-30?,33-27?;. The fraction of sp³-hybridized carbons (Fsp3) is 0.109. The Morgan fingerprint density at radius 1 is 0.661 bits per heavy atom. The van der Waals surface area contributed by atoms with E-state index in [0.717, 1.165) is 69.9 Å². The van der Waals surface area contributed by atoms with Crippen molar-refractivity contribution in [3.05, 3.63) is 161 Å². The second-order valence-corrected chi connectivity index (χ2v) is 18.6. The van der Waals surface area contributed by atoms with Gasteiger partial charge in [0.2, 0.25) is 0 Å².